The standard InChI is InChI=1S/C12H18N4O3/c1-8(12(18)19)15-10-5-11(14-7-13-10)16-4-2-3-9(16)6-17/h5,7-9,17H,2-4,6H2,1H3,(H,18,19)(H,13,14,15)/t8-,9?/m0/s1. The Kier molecular flexibility index (Phi) is 4.16. The first kappa shape index (κ1) is 13.5. The van der Waals surface area contributed by atoms with Gasteiger partial charge in [-0.2, -0.15) is 0 Å². The molecule has 0 spiro atoms. The number of anilines is 2. The van der Waals surface area contributed by atoms with E-state index in [1.807, 2.05) is 4.90 Å². The van der Waals surface area contributed by atoms with E-state index in [0.29, 0.717) is 11.6 Å². The molecule has 1 fully saturated rings. The van der Waals surface area contributed by atoms with Gasteiger partial charge < -0.3 is 20.4 Å². The van der Waals surface area contributed by atoms with Gasteiger partial charge in [0.2, 0.25) is 0 Å². The molecule has 0 bridgehead atoms. The molecule has 2 heterocycles. The zero-order valence-electron chi connectivity index (χ0n) is 10.8. The van der Waals surface area contributed by atoms with Crippen LogP contribution < -0.4 is 10.2 Å². The summed E-state index contributed by atoms with van der Waals surface area (Å²) in [6.07, 6.45) is 3.36. The summed E-state index contributed by atoms with van der Waals surface area (Å²) in [6.45, 7) is 2.49. The molecule has 104 valence electrons. The fraction of sp³-hybridized carbons (Fsp3) is 0.583. The van der Waals surface area contributed by atoms with Crippen LogP contribution in [-0.4, -0.2) is 51.4 Å². The predicted octanol–water partition coefficient (Wildman–Crippen LogP) is 0.323. The summed E-state index contributed by atoms with van der Waals surface area (Å²) in [7, 11) is 0. The molecule has 1 aromatic rings. The SMILES string of the molecule is C[C@H](Nc1cc(N2CCCC2CO)ncn1)C(=O)O. The Morgan fingerprint density at radius 1 is 1.63 bits per heavy atom. The Bertz CT molecular complexity index is 454. The lowest BCUT2D eigenvalue weighted by Gasteiger charge is -2.24. The van der Waals surface area contributed by atoms with Crippen molar-refractivity contribution < 1.29 is 15.0 Å². The molecule has 1 aliphatic heterocycles. The summed E-state index contributed by atoms with van der Waals surface area (Å²) < 4.78 is 0. The highest BCUT2D eigenvalue weighted by atomic mass is 16.4. The smallest absolute Gasteiger partial charge is 0.325 e. The molecule has 7 heteroatoms. The van der Waals surface area contributed by atoms with Gasteiger partial charge in [-0.15, -0.1) is 0 Å². The largest absolute Gasteiger partial charge is 0.480 e. The van der Waals surface area contributed by atoms with E-state index in [-0.39, 0.29) is 12.6 Å². The summed E-state index contributed by atoms with van der Waals surface area (Å²) in [6, 6.07) is 1.09. The molecule has 19 heavy (non-hydrogen) atoms. The van der Waals surface area contributed by atoms with E-state index in [0.717, 1.165) is 19.4 Å². The van der Waals surface area contributed by atoms with Crippen molar-refractivity contribution in [3.05, 3.63) is 12.4 Å². The lowest BCUT2D eigenvalue weighted by Crippen LogP contribution is -2.33. The number of aliphatic carboxylic acids is 1. The van der Waals surface area contributed by atoms with E-state index in [2.05, 4.69) is 15.3 Å². The van der Waals surface area contributed by atoms with Crippen LogP contribution in [0.2, 0.25) is 0 Å². The molecule has 7 nitrogen and oxygen atoms in total. The zero-order chi connectivity index (χ0) is 13.8. The Morgan fingerprint density at radius 2 is 2.42 bits per heavy atom. The Balaban J connectivity index is 2.12. The number of carboxylic acid groups (broad SMARTS) is 1. The first-order chi connectivity index (χ1) is 9.11. The maximum Gasteiger partial charge on any atom is 0.325 e. The minimum Gasteiger partial charge on any atom is -0.480 e. The lowest BCUT2D eigenvalue weighted by atomic mass is 10.2. The molecular formula is C12H18N4O3. The van der Waals surface area contributed by atoms with E-state index >= 15 is 0 Å². The highest BCUT2D eigenvalue weighted by Gasteiger charge is 2.25. The van der Waals surface area contributed by atoms with Crippen LogP contribution in [0.5, 0.6) is 0 Å². The molecule has 0 amide bonds. The number of rotatable bonds is 5. The van der Waals surface area contributed by atoms with Crippen LogP contribution >= 0.6 is 0 Å². The number of aliphatic hydroxyl groups is 1. The maximum absolute atomic E-state index is 10.8. The van der Waals surface area contributed by atoms with Gasteiger partial charge in [-0.3, -0.25) is 4.79 Å². The van der Waals surface area contributed by atoms with Crippen molar-refractivity contribution in [1.29, 1.82) is 0 Å². The number of hydrogen-bond donors (Lipinski definition) is 3. The number of carbonyl (C=O) groups is 1. The summed E-state index contributed by atoms with van der Waals surface area (Å²) in [5.74, 6) is 0.254. The normalized spacial score (nSPS) is 20.3. The lowest BCUT2D eigenvalue weighted by molar-refractivity contribution is -0.137. The molecule has 3 N–H and O–H groups in total. The molecule has 0 aliphatic carbocycles. The number of nitrogens with zero attached hydrogens (tertiary/aromatic N) is 3. The highest BCUT2D eigenvalue weighted by molar-refractivity contribution is 5.76. The second kappa shape index (κ2) is 5.83. The Labute approximate surface area is 111 Å². The van der Waals surface area contributed by atoms with Crippen LogP contribution in [0.4, 0.5) is 11.6 Å². The average Bonchev–Trinajstić information content (AvgIpc) is 2.87. The molecule has 0 radical (unpaired) electrons. The molecule has 0 saturated carbocycles. The van der Waals surface area contributed by atoms with Crippen molar-refractivity contribution >= 4 is 17.6 Å². The van der Waals surface area contributed by atoms with E-state index in [1.54, 1.807) is 13.0 Å². The van der Waals surface area contributed by atoms with Crippen LogP contribution in [-0.2, 0) is 4.79 Å². The molecule has 2 rings (SSSR count). The monoisotopic (exact) mass is 266 g/mol. The molecule has 1 aromatic heterocycles. The minimum atomic E-state index is -0.936. The van der Waals surface area contributed by atoms with Crippen LogP contribution in [0.25, 0.3) is 0 Å². The summed E-state index contributed by atoms with van der Waals surface area (Å²) in [5, 5.41) is 21.0. The van der Waals surface area contributed by atoms with Gasteiger partial charge >= 0.3 is 5.97 Å². The van der Waals surface area contributed by atoms with Crippen molar-refractivity contribution in [1.82, 2.24) is 9.97 Å². The molecule has 0 aromatic carbocycles. The summed E-state index contributed by atoms with van der Waals surface area (Å²) in [4.78, 5) is 21.0. The Morgan fingerprint density at radius 3 is 3.11 bits per heavy atom. The quantitative estimate of drug-likeness (QED) is 0.706. The van der Waals surface area contributed by atoms with Crippen LogP contribution in [0.1, 0.15) is 19.8 Å². The second-order valence-electron chi connectivity index (χ2n) is 4.64. The van der Waals surface area contributed by atoms with Crippen LogP contribution in [0.3, 0.4) is 0 Å². The number of aromatic nitrogens is 2. The van der Waals surface area contributed by atoms with Crippen molar-refractivity contribution in [2.45, 2.75) is 31.8 Å². The van der Waals surface area contributed by atoms with Gasteiger partial charge in [0.25, 0.3) is 0 Å². The molecular weight excluding hydrogens is 248 g/mol. The van der Waals surface area contributed by atoms with Gasteiger partial charge in [0.15, 0.2) is 0 Å². The first-order valence-electron chi connectivity index (χ1n) is 6.30. The first-order valence-corrected chi connectivity index (χ1v) is 6.30. The van der Waals surface area contributed by atoms with E-state index < -0.39 is 12.0 Å². The third-order valence-corrected chi connectivity index (χ3v) is 3.27. The third-order valence-electron chi connectivity index (χ3n) is 3.27. The zero-order valence-corrected chi connectivity index (χ0v) is 10.8. The van der Waals surface area contributed by atoms with Gasteiger partial charge in [0, 0.05) is 12.6 Å². The predicted molar refractivity (Wildman–Crippen MR) is 70.2 cm³/mol. The number of aliphatic hydroxyl groups excluding tert-OH is 1. The Hall–Kier alpha value is -1.89. The van der Waals surface area contributed by atoms with Crippen LogP contribution in [0.15, 0.2) is 12.4 Å². The minimum absolute atomic E-state index is 0.0830. The number of hydrogen-bond acceptors (Lipinski definition) is 6. The van der Waals surface area contributed by atoms with Gasteiger partial charge in [-0.25, -0.2) is 9.97 Å². The van der Waals surface area contributed by atoms with Gasteiger partial charge in [-0.05, 0) is 19.8 Å². The van der Waals surface area contributed by atoms with Crippen molar-refractivity contribution in [3.8, 4) is 0 Å². The van der Waals surface area contributed by atoms with Gasteiger partial charge in [0.05, 0.1) is 12.6 Å². The number of nitrogens with one attached hydrogen (secondary N) is 1. The fourth-order valence-corrected chi connectivity index (χ4v) is 2.19. The topological polar surface area (TPSA) is 98.6 Å². The summed E-state index contributed by atoms with van der Waals surface area (Å²) >= 11 is 0. The molecule has 1 aliphatic rings. The maximum atomic E-state index is 10.8. The van der Waals surface area contributed by atoms with Crippen molar-refractivity contribution in [3.63, 3.8) is 0 Å². The van der Waals surface area contributed by atoms with Gasteiger partial charge in [0.1, 0.15) is 24.0 Å². The van der Waals surface area contributed by atoms with E-state index in [1.165, 1.54) is 6.33 Å². The molecule has 1 saturated heterocycles. The van der Waals surface area contributed by atoms with Crippen molar-refractivity contribution in [2.24, 2.45) is 0 Å². The number of carboxylic acids is 1. The second-order valence-corrected chi connectivity index (χ2v) is 4.64. The van der Waals surface area contributed by atoms with Crippen LogP contribution in [0, 0.1) is 0 Å². The van der Waals surface area contributed by atoms with E-state index in [4.69, 9.17) is 5.11 Å². The molecule has 1 unspecified atom stereocenters. The van der Waals surface area contributed by atoms with E-state index in [9.17, 15) is 9.90 Å². The van der Waals surface area contributed by atoms with Crippen molar-refractivity contribution in [2.75, 3.05) is 23.4 Å². The third kappa shape index (κ3) is 3.11. The summed E-state index contributed by atoms with van der Waals surface area (Å²) in [5.41, 5.74) is 0. The van der Waals surface area contributed by atoms with Gasteiger partial charge in [-0.1, -0.05) is 0 Å². The fourth-order valence-electron chi connectivity index (χ4n) is 2.19. The molecule has 2 atom stereocenters. The highest BCUT2D eigenvalue weighted by Crippen LogP contribution is 2.24. The average molecular weight is 266 g/mol.